The van der Waals surface area contributed by atoms with Gasteiger partial charge >= 0.3 is 0 Å². The monoisotopic (exact) mass is 247 g/mol. The largest absolute Gasteiger partial charge is 0.394 e. The maximum atomic E-state index is 12.6. The SMILES string of the molecule is CCc1ccccc1C(=O)N1CCCCC1CO. The quantitative estimate of drug-likeness (QED) is 0.890. The average Bonchev–Trinajstić information content (AvgIpc) is 2.46. The van der Waals surface area contributed by atoms with Crippen molar-refractivity contribution in [2.24, 2.45) is 0 Å². The molecule has 1 aliphatic heterocycles. The van der Waals surface area contributed by atoms with Crippen LogP contribution in [0.2, 0.25) is 0 Å². The lowest BCUT2D eigenvalue weighted by Crippen LogP contribution is -2.45. The number of benzene rings is 1. The summed E-state index contributed by atoms with van der Waals surface area (Å²) >= 11 is 0. The second-order valence-electron chi connectivity index (χ2n) is 4.84. The molecule has 1 amide bonds. The highest BCUT2D eigenvalue weighted by atomic mass is 16.3. The van der Waals surface area contributed by atoms with Crippen molar-refractivity contribution in [2.75, 3.05) is 13.2 Å². The van der Waals surface area contributed by atoms with Gasteiger partial charge in [-0.2, -0.15) is 0 Å². The summed E-state index contributed by atoms with van der Waals surface area (Å²) in [4.78, 5) is 14.4. The number of amides is 1. The standard InChI is InChI=1S/C15H21NO2/c1-2-12-7-3-4-9-14(12)15(18)16-10-6-5-8-13(16)11-17/h3-4,7,9,13,17H,2,5-6,8,10-11H2,1H3. The molecule has 0 aromatic heterocycles. The molecule has 0 saturated carbocycles. The smallest absolute Gasteiger partial charge is 0.254 e. The number of hydrogen-bond acceptors (Lipinski definition) is 2. The summed E-state index contributed by atoms with van der Waals surface area (Å²) < 4.78 is 0. The fourth-order valence-corrected chi connectivity index (χ4v) is 2.65. The molecule has 1 atom stereocenters. The third kappa shape index (κ3) is 2.56. The van der Waals surface area contributed by atoms with Crippen molar-refractivity contribution in [1.82, 2.24) is 4.90 Å². The molecule has 0 radical (unpaired) electrons. The first kappa shape index (κ1) is 13.1. The molecule has 1 aliphatic rings. The van der Waals surface area contributed by atoms with E-state index >= 15 is 0 Å². The Morgan fingerprint density at radius 1 is 1.39 bits per heavy atom. The van der Waals surface area contributed by atoms with E-state index in [4.69, 9.17) is 0 Å². The first-order valence-electron chi connectivity index (χ1n) is 6.77. The lowest BCUT2D eigenvalue weighted by Gasteiger charge is -2.35. The Morgan fingerprint density at radius 3 is 2.89 bits per heavy atom. The van der Waals surface area contributed by atoms with E-state index in [2.05, 4.69) is 6.92 Å². The Morgan fingerprint density at radius 2 is 2.17 bits per heavy atom. The molecular formula is C15H21NO2. The van der Waals surface area contributed by atoms with Crippen molar-refractivity contribution < 1.29 is 9.90 Å². The minimum absolute atomic E-state index is 0.00355. The van der Waals surface area contributed by atoms with E-state index in [9.17, 15) is 9.90 Å². The van der Waals surface area contributed by atoms with Gasteiger partial charge in [0.15, 0.2) is 0 Å². The van der Waals surface area contributed by atoms with Crippen LogP contribution in [-0.2, 0) is 6.42 Å². The van der Waals surface area contributed by atoms with Crippen molar-refractivity contribution in [3.05, 3.63) is 35.4 Å². The van der Waals surface area contributed by atoms with Crippen molar-refractivity contribution in [3.63, 3.8) is 0 Å². The van der Waals surface area contributed by atoms with Gasteiger partial charge in [-0.05, 0) is 37.3 Å². The first-order chi connectivity index (χ1) is 8.77. The highest BCUT2D eigenvalue weighted by Crippen LogP contribution is 2.21. The van der Waals surface area contributed by atoms with Crippen LogP contribution in [0.3, 0.4) is 0 Å². The molecule has 1 aromatic rings. The minimum atomic E-state index is -0.00355. The van der Waals surface area contributed by atoms with E-state index in [-0.39, 0.29) is 18.6 Å². The van der Waals surface area contributed by atoms with Crippen LogP contribution >= 0.6 is 0 Å². The molecule has 0 aliphatic carbocycles. The number of carbonyl (C=O) groups excluding carboxylic acids is 1. The molecule has 3 heteroatoms. The molecule has 98 valence electrons. The topological polar surface area (TPSA) is 40.5 Å². The van der Waals surface area contributed by atoms with Crippen LogP contribution in [0.1, 0.15) is 42.1 Å². The molecule has 1 N–H and O–H groups in total. The number of hydrogen-bond donors (Lipinski definition) is 1. The van der Waals surface area contributed by atoms with Gasteiger partial charge in [-0.3, -0.25) is 4.79 Å². The van der Waals surface area contributed by atoms with Crippen LogP contribution in [0, 0.1) is 0 Å². The summed E-state index contributed by atoms with van der Waals surface area (Å²) in [7, 11) is 0. The second-order valence-corrected chi connectivity index (χ2v) is 4.84. The van der Waals surface area contributed by atoms with E-state index in [1.54, 1.807) is 0 Å². The predicted molar refractivity (Wildman–Crippen MR) is 71.6 cm³/mol. The number of piperidine rings is 1. The van der Waals surface area contributed by atoms with Crippen LogP contribution < -0.4 is 0 Å². The second kappa shape index (κ2) is 6.01. The zero-order valence-electron chi connectivity index (χ0n) is 10.9. The maximum Gasteiger partial charge on any atom is 0.254 e. The van der Waals surface area contributed by atoms with Gasteiger partial charge in [0, 0.05) is 12.1 Å². The molecule has 3 nitrogen and oxygen atoms in total. The van der Waals surface area contributed by atoms with Crippen molar-refractivity contribution in [1.29, 1.82) is 0 Å². The van der Waals surface area contributed by atoms with Gasteiger partial charge < -0.3 is 10.0 Å². The Hall–Kier alpha value is -1.35. The summed E-state index contributed by atoms with van der Waals surface area (Å²) in [6.07, 6.45) is 3.91. The van der Waals surface area contributed by atoms with Crippen LogP contribution in [-0.4, -0.2) is 35.1 Å². The highest BCUT2D eigenvalue weighted by molar-refractivity contribution is 5.96. The number of aliphatic hydroxyl groups excluding tert-OH is 1. The Balaban J connectivity index is 2.24. The normalized spacial score (nSPS) is 19.9. The Kier molecular flexibility index (Phi) is 4.37. The minimum Gasteiger partial charge on any atom is -0.394 e. The zero-order chi connectivity index (χ0) is 13.0. The predicted octanol–water partition coefficient (Wildman–Crippen LogP) is 2.24. The summed E-state index contributed by atoms with van der Waals surface area (Å²) in [5, 5.41) is 9.39. The molecule has 0 bridgehead atoms. The summed E-state index contributed by atoms with van der Waals surface area (Å²) in [6.45, 7) is 2.90. The summed E-state index contributed by atoms with van der Waals surface area (Å²) in [6, 6.07) is 7.77. The van der Waals surface area contributed by atoms with Gasteiger partial charge in [-0.15, -0.1) is 0 Å². The lowest BCUT2D eigenvalue weighted by atomic mass is 9.99. The van der Waals surface area contributed by atoms with E-state index < -0.39 is 0 Å². The number of rotatable bonds is 3. The number of aliphatic hydroxyl groups is 1. The van der Waals surface area contributed by atoms with Gasteiger partial charge in [0.1, 0.15) is 0 Å². The molecule has 0 spiro atoms. The van der Waals surface area contributed by atoms with Crippen LogP contribution in [0.5, 0.6) is 0 Å². The fraction of sp³-hybridized carbons (Fsp3) is 0.533. The lowest BCUT2D eigenvalue weighted by molar-refractivity contribution is 0.0502. The van der Waals surface area contributed by atoms with Gasteiger partial charge in [-0.1, -0.05) is 25.1 Å². The summed E-state index contributed by atoms with van der Waals surface area (Å²) in [5.74, 6) is 0.0752. The van der Waals surface area contributed by atoms with Gasteiger partial charge in [0.2, 0.25) is 0 Å². The average molecular weight is 247 g/mol. The number of likely N-dealkylation sites (tertiary alicyclic amines) is 1. The Bertz CT molecular complexity index is 417. The van der Waals surface area contributed by atoms with Crippen LogP contribution in [0.4, 0.5) is 0 Å². The van der Waals surface area contributed by atoms with Crippen LogP contribution in [0.25, 0.3) is 0 Å². The third-order valence-electron chi connectivity index (χ3n) is 3.73. The van der Waals surface area contributed by atoms with E-state index in [1.165, 1.54) is 0 Å². The molecule has 1 unspecified atom stereocenters. The molecule has 1 fully saturated rings. The van der Waals surface area contributed by atoms with Crippen molar-refractivity contribution in [2.45, 2.75) is 38.6 Å². The van der Waals surface area contributed by atoms with E-state index in [1.807, 2.05) is 29.2 Å². The molecule has 1 heterocycles. The molecular weight excluding hydrogens is 226 g/mol. The molecule has 1 aromatic carbocycles. The molecule has 1 saturated heterocycles. The zero-order valence-corrected chi connectivity index (χ0v) is 10.9. The number of carbonyl (C=O) groups is 1. The third-order valence-corrected chi connectivity index (χ3v) is 3.73. The van der Waals surface area contributed by atoms with E-state index in [0.717, 1.165) is 43.4 Å². The van der Waals surface area contributed by atoms with E-state index in [0.29, 0.717) is 0 Å². The maximum absolute atomic E-state index is 12.6. The van der Waals surface area contributed by atoms with Crippen molar-refractivity contribution in [3.8, 4) is 0 Å². The number of nitrogens with zero attached hydrogens (tertiary/aromatic N) is 1. The Labute approximate surface area is 108 Å². The van der Waals surface area contributed by atoms with Crippen molar-refractivity contribution >= 4 is 5.91 Å². The highest BCUT2D eigenvalue weighted by Gasteiger charge is 2.27. The number of aryl methyl sites for hydroxylation is 1. The van der Waals surface area contributed by atoms with Gasteiger partial charge in [0.05, 0.1) is 12.6 Å². The van der Waals surface area contributed by atoms with Crippen LogP contribution in [0.15, 0.2) is 24.3 Å². The van der Waals surface area contributed by atoms with Gasteiger partial charge in [-0.25, -0.2) is 0 Å². The van der Waals surface area contributed by atoms with Gasteiger partial charge in [0.25, 0.3) is 5.91 Å². The first-order valence-corrected chi connectivity index (χ1v) is 6.77. The molecule has 2 rings (SSSR count). The fourth-order valence-electron chi connectivity index (χ4n) is 2.65. The molecule has 18 heavy (non-hydrogen) atoms. The summed E-state index contributed by atoms with van der Waals surface area (Å²) in [5.41, 5.74) is 1.88.